The van der Waals surface area contributed by atoms with Crippen LogP contribution in [0.2, 0.25) is 0 Å². The maximum atomic E-state index is 13.1. The van der Waals surface area contributed by atoms with Crippen molar-refractivity contribution in [2.75, 3.05) is 11.4 Å². The first kappa shape index (κ1) is 18.4. The SMILES string of the molecule is CCN1C(=O)C(NC(=O)c2ccn(CC#N)n2)Cc2cnn(-c3ccccc3)c21. The molecule has 1 atom stereocenters. The molecule has 0 fully saturated rings. The molecule has 0 aliphatic carbocycles. The Morgan fingerprint density at radius 2 is 2.10 bits per heavy atom. The Balaban J connectivity index is 1.59. The van der Waals surface area contributed by atoms with Crippen LogP contribution in [0.15, 0.2) is 48.8 Å². The van der Waals surface area contributed by atoms with Crippen molar-refractivity contribution in [2.24, 2.45) is 0 Å². The number of benzene rings is 1. The van der Waals surface area contributed by atoms with Crippen LogP contribution in [0.1, 0.15) is 23.0 Å². The molecular formula is C20H19N7O2. The Labute approximate surface area is 167 Å². The molecule has 1 aliphatic heterocycles. The molecule has 0 bridgehead atoms. The molecule has 1 aromatic carbocycles. The Kier molecular flexibility index (Phi) is 4.83. The van der Waals surface area contributed by atoms with Gasteiger partial charge in [0.1, 0.15) is 24.1 Å². The van der Waals surface area contributed by atoms with Crippen molar-refractivity contribution in [2.45, 2.75) is 25.9 Å². The van der Waals surface area contributed by atoms with E-state index >= 15 is 0 Å². The molecule has 0 radical (unpaired) electrons. The second-order valence-corrected chi connectivity index (χ2v) is 6.61. The van der Waals surface area contributed by atoms with Crippen LogP contribution in [-0.4, -0.2) is 44.0 Å². The lowest BCUT2D eigenvalue weighted by Crippen LogP contribution is -2.53. The summed E-state index contributed by atoms with van der Waals surface area (Å²) >= 11 is 0. The number of carbonyl (C=O) groups excluding carboxylic acids is 2. The zero-order valence-corrected chi connectivity index (χ0v) is 15.8. The van der Waals surface area contributed by atoms with Crippen molar-refractivity contribution in [3.05, 3.63) is 60.0 Å². The molecule has 29 heavy (non-hydrogen) atoms. The van der Waals surface area contributed by atoms with Crippen molar-refractivity contribution in [1.82, 2.24) is 24.9 Å². The number of nitriles is 1. The van der Waals surface area contributed by atoms with Gasteiger partial charge in [0.15, 0.2) is 0 Å². The minimum Gasteiger partial charge on any atom is -0.338 e. The highest BCUT2D eigenvalue weighted by Gasteiger charge is 2.36. The Morgan fingerprint density at radius 3 is 2.83 bits per heavy atom. The number of anilines is 1. The molecule has 2 amide bonds. The summed E-state index contributed by atoms with van der Waals surface area (Å²) in [7, 11) is 0. The summed E-state index contributed by atoms with van der Waals surface area (Å²) in [6.07, 6.45) is 3.64. The highest BCUT2D eigenvalue weighted by molar-refractivity contribution is 6.03. The number of hydrogen-bond donors (Lipinski definition) is 1. The fourth-order valence-corrected chi connectivity index (χ4v) is 3.46. The van der Waals surface area contributed by atoms with Gasteiger partial charge in [-0.2, -0.15) is 15.5 Å². The molecule has 146 valence electrons. The second kappa shape index (κ2) is 7.59. The minimum absolute atomic E-state index is 0.0568. The van der Waals surface area contributed by atoms with Crippen LogP contribution >= 0.6 is 0 Å². The molecule has 2 aromatic heterocycles. The monoisotopic (exact) mass is 389 g/mol. The number of nitrogens with one attached hydrogen (secondary N) is 1. The van der Waals surface area contributed by atoms with Gasteiger partial charge >= 0.3 is 0 Å². The predicted octanol–water partition coefficient (Wildman–Crippen LogP) is 1.30. The lowest BCUT2D eigenvalue weighted by Gasteiger charge is -2.32. The standard InChI is InChI=1S/C20H19N7O2/c1-2-26-19-14(13-22-27(19)15-6-4-3-5-7-15)12-17(20(26)29)23-18(28)16-8-10-25(24-16)11-9-21/h3-8,10,13,17H,2,11-12H2,1H3,(H,23,28). The van der Waals surface area contributed by atoms with Crippen molar-refractivity contribution < 1.29 is 9.59 Å². The molecule has 1 aliphatic rings. The number of likely N-dealkylation sites (N-methyl/N-ethyl adjacent to an activating group) is 1. The second-order valence-electron chi connectivity index (χ2n) is 6.61. The van der Waals surface area contributed by atoms with E-state index in [1.165, 1.54) is 10.7 Å². The van der Waals surface area contributed by atoms with Gasteiger partial charge in [0.25, 0.3) is 11.8 Å². The van der Waals surface area contributed by atoms with E-state index in [0.717, 1.165) is 17.1 Å². The van der Waals surface area contributed by atoms with E-state index in [9.17, 15) is 9.59 Å². The summed E-state index contributed by atoms with van der Waals surface area (Å²) in [6, 6.07) is 12.4. The molecule has 0 spiro atoms. The molecule has 0 saturated carbocycles. The van der Waals surface area contributed by atoms with E-state index < -0.39 is 11.9 Å². The third-order valence-electron chi connectivity index (χ3n) is 4.79. The normalized spacial score (nSPS) is 15.7. The zero-order chi connectivity index (χ0) is 20.4. The first-order valence-electron chi connectivity index (χ1n) is 9.27. The van der Waals surface area contributed by atoms with Crippen molar-refractivity contribution in [3.63, 3.8) is 0 Å². The van der Waals surface area contributed by atoms with Crippen LogP contribution in [0, 0.1) is 11.3 Å². The van der Waals surface area contributed by atoms with Crippen LogP contribution < -0.4 is 10.2 Å². The number of hydrogen-bond acceptors (Lipinski definition) is 5. The number of aromatic nitrogens is 4. The molecule has 9 nitrogen and oxygen atoms in total. The molecule has 0 saturated heterocycles. The van der Waals surface area contributed by atoms with Gasteiger partial charge < -0.3 is 5.32 Å². The molecule has 1 unspecified atom stereocenters. The third-order valence-corrected chi connectivity index (χ3v) is 4.79. The quantitative estimate of drug-likeness (QED) is 0.707. The summed E-state index contributed by atoms with van der Waals surface area (Å²) in [6.45, 7) is 2.40. The fourth-order valence-electron chi connectivity index (χ4n) is 3.46. The highest BCUT2D eigenvalue weighted by atomic mass is 16.2. The topological polar surface area (TPSA) is 109 Å². The molecule has 3 heterocycles. The third kappa shape index (κ3) is 3.36. The number of fused-ring (bicyclic) bond motifs is 1. The van der Waals surface area contributed by atoms with Gasteiger partial charge in [0, 0.05) is 24.7 Å². The first-order valence-corrected chi connectivity index (χ1v) is 9.27. The molecule has 3 aromatic rings. The first-order chi connectivity index (χ1) is 14.1. The van der Waals surface area contributed by atoms with Gasteiger partial charge in [-0.3, -0.25) is 19.2 Å². The van der Waals surface area contributed by atoms with Crippen molar-refractivity contribution >= 4 is 17.6 Å². The minimum atomic E-state index is -0.704. The summed E-state index contributed by atoms with van der Waals surface area (Å²) in [5, 5.41) is 20.0. The number of amides is 2. The van der Waals surface area contributed by atoms with Crippen LogP contribution in [0.3, 0.4) is 0 Å². The average molecular weight is 389 g/mol. The summed E-state index contributed by atoms with van der Waals surface area (Å²) in [5.41, 5.74) is 1.92. The van der Waals surface area contributed by atoms with Crippen LogP contribution in [0.25, 0.3) is 5.69 Å². The molecule has 9 heteroatoms. The van der Waals surface area contributed by atoms with Crippen molar-refractivity contribution in [1.29, 1.82) is 5.26 Å². The summed E-state index contributed by atoms with van der Waals surface area (Å²) in [4.78, 5) is 27.3. The number of nitrogens with zero attached hydrogens (tertiary/aromatic N) is 6. The smallest absolute Gasteiger partial charge is 0.272 e. The maximum Gasteiger partial charge on any atom is 0.272 e. The lowest BCUT2D eigenvalue weighted by atomic mass is 10.0. The van der Waals surface area contributed by atoms with E-state index in [-0.39, 0.29) is 18.1 Å². The molecule has 1 N–H and O–H groups in total. The van der Waals surface area contributed by atoms with Gasteiger partial charge in [0.2, 0.25) is 0 Å². The van der Waals surface area contributed by atoms with Crippen LogP contribution in [-0.2, 0) is 17.8 Å². The summed E-state index contributed by atoms with van der Waals surface area (Å²) in [5.74, 6) is 0.0879. The van der Waals surface area contributed by atoms with Gasteiger partial charge in [0.05, 0.1) is 18.0 Å². The summed E-state index contributed by atoms with van der Waals surface area (Å²) < 4.78 is 3.12. The largest absolute Gasteiger partial charge is 0.338 e. The van der Waals surface area contributed by atoms with Gasteiger partial charge in [-0.05, 0) is 25.1 Å². The van der Waals surface area contributed by atoms with Gasteiger partial charge in [-0.25, -0.2) is 4.68 Å². The van der Waals surface area contributed by atoms with E-state index in [1.54, 1.807) is 22.0 Å². The van der Waals surface area contributed by atoms with E-state index in [0.29, 0.717) is 13.0 Å². The van der Waals surface area contributed by atoms with E-state index in [2.05, 4.69) is 15.5 Å². The van der Waals surface area contributed by atoms with E-state index in [1.807, 2.05) is 43.3 Å². The lowest BCUT2D eigenvalue weighted by molar-refractivity contribution is -0.120. The number of carbonyl (C=O) groups is 2. The zero-order valence-electron chi connectivity index (χ0n) is 15.8. The van der Waals surface area contributed by atoms with Gasteiger partial charge in [-0.15, -0.1) is 0 Å². The Bertz CT molecular complexity index is 1090. The molecular weight excluding hydrogens is 370 g/mol. The fraction of sp³-hybridized carbons (Fsp3) is 0.250. The molecule has 4 rings (SSSR count). The number of rotatable bonds is 5. The van der Waals surface area contributed by atoms with Gasteiger partial charge in [-0.1, -0.05) is 18.2 Å². The van der Waals surface area contributed by atoms with Crippen molar-refractivity contribution in [3.8, 4) is 11.8 Å². The maximum absolute atomic E-state index is 13.1. The average Bonchev–Trinajstić information content (AvgIpc) is 3.37. The van der Waals surface area contributed by atoms with E-state index in [4.69, 9.17) is 5.26 Å². The Hall–Kier alpha value is -3.93. The Morgan fingerprint density at radius 1 is 1.31 bits per heavy atom. The van der Waals surface area contributed by atoms with Crippen LogP contribution in [0.4, 0.5) is 5.82 Å². The van der Waals surface area contributed by atoms with Crippen LogP contribution in [0.5, 0.6) is 0 Å². The number of para-hydroxylation sites is 1. The highest BCUT2D eigenvalue weighted by Crippen LogP contribution is 2.30. The predicted molar refractivity (Wildman–Crippen MR) is 104 cm³/mol.